The van der Waals surface area contributed by atoms with E-state index in [-0.39, 0.29) is 0 Å². The molecule has 0 aliphatic heterocycles. The van der Waals surface area contributed by atoms with Crippen molar-refractivity contribution < 1.29 is 4.74 Å². The lowest BCUT2D eigenvalue weighted by Gasteiger charge is -2.06. The molecule has 3 rings (SSSR count). The molecule has 0 amide bonds. The molecule has 0 heterocycles. The number of fused-ring (bicyclic) bond motifs is 1. The molecular weight excluding hydrogens is 304 g/mol. The Morgan fingerprint density at radius 3 is 2.16 bits per heavy atom. The second kappa shape index (κ2) is 10.6. The fourth-order valence-electron chi connectivity index (χ4n) is 2.63. The highest BCUT2D eigenvalue weighted by atomic mass is 16.5. The van der Waals surface area contributed by atoms with Gasteiger partial charge in [0.2, 0.25) is 0 Å². The van der Waals surface area contributed by atoms with Gasteiger partial charge in [-0.1, -0.05) is 86.8 Å². The summed E-state index contributed by atoms with van der Waals surface area (Å²) in [4.78, 5) is 0. The third kappa shape index (κ3) is 6.62. The molecule has 0 fully saturated rings. The summed E-state index contributed by atoms with van der Waals surface area (Å²) in [5.41, 5.74) is 2.80. The van der Waals surface area contributed by atoms with Crippen LogP contribution in [-0.4, -0.2) is 6.61 Å². The number of unbranched alkanes of at least 4 members (excludes halogenated alkanes) is 1. The summed E-state index contributed by atoms with van der Waals surface area (Å²) in [5, 5.41) is 2.51. The topological polar surface area (TPSA) is 9.23 Å². The number of hydrogen-bond acceptors (Lipinski definition) is 1. The average Bonchev–Trinajstić information content (AvgIpc) is 2.65. The van der Waals surface area contributed by atoms with Gasteiger partial charge in [-0.25, -0.2) is 0 Å². The fraction of sp³-hybridized carbons (Fsp3) is 0.333. The smallest absolute Gasteiger partial charge is 0.119 e. The SMILES string of the molecule is CCCCOc1ccc2ccccc2c1.CCCc1ccc(C)cc1. The van der Waals surface area contributed by atoms with E-state index in [2.05, 4.69) is 81.4 Å². The van der Waals surface area contributed by atoms with Crippen LogP contribution < -0.4 is 4.74 Å². The van der Waals surface area contributed by atoms with Gasteiger partial charge in [-0.15, -0.1) is 0 Å². The molecule has 0 saturated heterocycles. The first-order chi connectivity index (χ1) is 12.2. The molecule has 0 saturated carbocycles. The number of rotatable bonds is 6. The Hall–Kier alpha value is -2.28. The monoisotopic (exact) mass is 334 g/mol. The van der Waals surface area contributed by atoms with E-state index in [4.69, 9.17) is 4.74 Å². The predicted molar refractivity (Wildman–Crippen MR) is 110 cm³/mol. The van der Waals surface area contributed by atoms with Crippen molar-refractivity contribution in [2.75, 3.05) is 6.61 Å². The highest BCUT2D eigenvalue weighted by molar-refractivity contribution is 5.83. The summed E-state index contributed by atoms with van der Waals surface area (Å²) in [7, 11) is 0. The summed E-state index contributed by atoms with van der Waals surface area (Å²) >= 11 is 0. The lowest BCUT2D eigenvalue weighted by atomic mass is 10.1. The second-order valence-corrected chi connectivity index (χ2v) is 6.45. The quantitative estimate of drug-likeness (QED) is 0.442. The molecule has 0 atom stereocenters. The highest BCUT2D eigenvalue weighted by Gasteiger charge is 1.96. The van der Waals surface area contributed by atoms with Crippen molar-refractivity contribution in [3.8, 4) is 5.75 Å². The van der Waals surface area contributed by atoms with Crippen molar-refractivity contribution in [3.05, 3.63) is 77.9 Å². The maximum Gasteiger partial charge on any atom is 0.119 e. The maximum atomic E-state index is 5.65. The van der Waals surface area contributed by atoms with Crippen molar-refractivity contribution in [1.82, 2.24) is 0 Å². The van der Waals surface area contributed by atoms with E-state index in [0.29, 0.717) is 0 Å². The Kier molecular flexibility index (Phi) is 8.04. The first-order valence-electron chi connectivity index (χ1n) is 9.40. The lowest BCUT2D eigenvalue weighted by molar-refractivity contribution is 0.310. The third-order valence-corrected chi connectivity index (χ3v) is 4.15. The van der Waals surface area contributed by atoms with Crippen LogP contribution in [0, 0.1) is 6.92 Å². The van der Waals surface area contributed by atoms with Gasteiger partial charge in [-0.05, 0) is 48.2 Å². The summed E-state index contributed by atoms with van der Waals surface area (Å²) in [6.07, 6.45) is 4.74. The van der Waals surface area contributed by atoms with Crippen molar-refractivity contribution in [1.29, 1.82) is 0 Å². The minimum atomic E-state index is 0.814. The Bertz CT molecular complexity index is 743. The molecular formula is C24H30O. The summed E-state index contributed by atoms with van der Waals surface area (Å²) in [5.74, 6) is 0.974. The normalized spacial score (nSPS) is 10.2. The molecule has 0 aliphatic rings. The second-order valence-electron chi connectivity index (χ2n) is 6.45. The predicted octanol–water partition coefficient (Wildman–Crippen LogP) is 6.97. The van der Waals surface area contributed by atoms with Crippen molar-refractivity contribution in [2.45, 2.75) is 46.5 Å². The van der Waals surface area contributed by atoms with E-state index in [9.17, 15) is 0 Å². The van der Waals surface area contributed by atoms with Crippen molar-refractivity contribution in [3.63, 3.8) is 0 Å². The number of benzene rings is 3. The Balaban J connectivity index is 0.000000196. The minimum Gasteiger partial charge on any atom is -0.494 e. The van der Waals surface area contributed by atoms with Crippen LogP contribution in [-0.2, 0) is 6.42 Å². The number of ether oxygens (including phenoxy) is 1. The van der Waals surface area contributed by atoms with Crippen LogP contribution in [0.1, 0.15) is 44.2 Å². The van der Waals surface area contributed by atoms with Crippen LogP contribution >= 0.6 is 0 Å². The van der Waals surface area contributed by atoms with Gasteiger partial charge >= 0.3 is 0 Å². The van der Waals surface area contributed by atoms with Gasteiger partial charge in [0.25, 0.3) is 0 Å². The molecule has 0 radical (unpaired) electrons. The molecule has 0 unspecified atom stereocenters. The van der Waals surface area contributed by atoms with Crippen LogP contribution in [0.4, 0.5) is 0 Å². The van der Waals surface area contributed by atoms with E-state index in [1.165, 1.54) is 41.2 Å². The standard InChI is InChI=1S/C14H16O.C10H14/c1-2-3-10-15-14-9-8-12-6-4-5-7-13(12)11-14;1-3-4-10-7-5-9(2)6-8-10/h4-9,11H,2-3,10H2,1H3;5-8H,3-4H2,1-2H3. The van der Waals surface area contributed by atoms with Gasteiger partial charge in [0, 0.05) is 0 Å². The third-order valence-electron chi connectivity index (χ3n) is 4.15. The van der Waals surface area contributed by atoms with Gasteiger partial charge < -0.3 is 4.74 Å². The largest absolute Gasteiger partial charge is 0.494 e. The summed E-state index contributed by atoms with van der Waals surface area (Å²) in [6.45, 7) is 7.31. The molecule has 0 N–H and O–H groups in total. The molecule has 1 nitrogen and oxygen atoms in total. The zero-order valence-corrected chi connectivity index (χ0v) is 15.8. The Morgan fingerprint density at radius 1 is 0.760 bits per heavy atom. The Labute approximate surface area is 152 Å². The van der Waals surface area contributed by atoms with E-state index in [1.54, 1.807) is 0 Å². The molecule has 0 bridgehead atoms. The van der Waals surface area contributed by atoms with Crippen LogP contribution in [0.25, 0.3) is 10.8 Å². The van der Waals surface area contributed by atoms with Gasteiger partial charge in [-0.3, -0.25) is 0 Å². The summed E-state index contributed by atoms with van der Waals surface area (Å²) < 4.78 is 5.65. The molecule has 3 aromatic carbocycles. The summed E-state index contributed by atoms with van der Waals surface area (Å²) in [6, 6.07) is 23.3. The zero-order chi connectivity index (χ0) is 17.9. The van der Waals surface area contributed by atoms with E-state index < -0.39 is 0 Å². The van der Waals surface area contributed by atoms with Gasteiger partial charge in [0.1, 0.15) is 5.75 Å². The van der Waals surface area contributed by atoms with E-state index >= 15 is 0 Å². The van der Waals surface area contributed by atoms with E-state index in [0.717, 1.165) is 18.8 Å². The molecule has 1 heteroatoms. The molecule has 0 aliphatic carbocycles. The lowest BCUT2D eigenvalue weighted by Crippen LogP contribution is -1.95. The fourth-order valence-corrected chi connectivity index (χ4v) is 2.63. The molecule has 132 valence electrons. The first-order valence-corrected chi connectivity index (χ1v) is 9.40. The van der Waals surface area contributed by atoms with Crippen LogP contribution in [0.5, 0.6) is 5.75 Å². The molecule has 0 aromatic heterocycles. The van der Waals surface area contributed by atoms with Crippen LogP contribution in [0.3, 0.4) is 0 Å². The van der Waals surface area contributed by atoms with Gasteiger partial charge in [0.15, 0.2) is 0 Å². The maximum absolute atomic E-state index is 5.65. The molecule has 0 spiro atoms. The van der Waals surface area contributed by atoms with Crippen LogP contribution in [0.2, 0.25) is 0 Å². The Morgan fingerprint density at radius 2 is 1.48 bits per heavy atom. The molecule has 25 heavy (non-hydrogen) atoms. The van der Waals surface area contributed by atoms with Gasteiger partial charge in [-0.2, -0.15) is 0 Å². The first kappa shape index (κ1) is 19.1. The number of aryl methyl sites for hydroxylation is 2. The van der Waals surface area contributed by atoms with E-state index in [1.807, 2.05) is 6.07 Å². The van der Waals surface area contributed by atoms with Crippen LogP contribution in [0.15, 0.2) is 66.7 Å². The average molecular weight is 335 g/mol. The van der Waals surface area contributed by atoms with Crippen molar-refractivity contribution in [2.24, 2.45) is 0 Å². The minimum absolute atomic E-state index is 0.814. The number of hydrogen-bond donors (Lipinski definition) is 0. The zero-order valence-electron chi connectivity index (χ0n) is 15.8. The molecule has 3 aromatic rings. The van der Waals surface area contributed by atoms with Gasteiger partial charge in [0.05, 0.1) is 6.61 Å². The van der Waals surface area contributed by atoms with Crippen molar-refractivity contribution >= 4 is 10.8 Å². The highest BCUT2D eigenvalue weighted by Crippen LogP contribution is 2.20.